The predicted molar refractivity (Wildman–Crippen MR) is 74.0 cm³/mol. The lowest BCUT2D eigenvalue weighted by Crippen LogP contribution is -2.26. The Morgan fingerprint density at radius 3 is 3.00 bits per heavy atom. The van der Waals surface area contributed by atoms with E-state index in [1.807, 2.05) is 12.1 Å². The number of rotatable bonds is 3. The molecular formula is C15H24N2O. The number of nitrogen functional groups attached to an aromatic ring is 1. The van der Waals surface area contributed by atoms with E-state index in [1.54, 1.807) is 6.20 Å². The molecule has 1 saturated carbocycles. The van der Waals surface area contributed by atoms with Crippen molar-refractivity contribution in [2.75, 3.05) is 5.73 Å². The van der Waals surface area contributed by atoms with Gasteiger partial charge in [-0.1, -0.05) is 32.3 Å². The van der Waals surface area contributed by atoms with E-state index >= 15 is 0 Å². The average molecular weight is 248 g/mol. The van der Waals surface area contributed by atoms with E-state index in [-0.39, 0.29) is 0 Å². The zero-order valence-electron chi connectivity index (χ0n) is 11.2. The smallest absolute Gasteiger partial charge is 0.129 e. The van der Waals surface area contributed by atoms with Gasteiger partial charge in [0.15, 0.2) is 0 Å². The minimum atomic E-state index is -0.763. The highest BCUT2D eigenvalue weighted by Gasteiger charge is 2.34. The maximum absolute atomic E-state index is 10.9. The first-order valence-corrected chi connectivity index (χ1v) is 7.09. The van der Waals surface area contributed by atoms with Crippen LogP contribution in [0.4, 0.5) is 5.82 Å². The van der Waals surface area contributed by atoms with E-state index < -0.39 is 5.60 Å². The molecule has 3 nitrogen and oxygen atoms in total. The number of anilines is 1. The van der Waals surface area contributed by atoms with Gasteiger partial charge < -0.3 is 10.8 Å². The van der Waals surface area contributed by atoms with Crippen molar-refractivity contribution in [1.29, 1.82) is 0 Å². The third-order valence-electron chi connectivity index (χ3n) is 4.21. The first kappa shape index (κ1) is 13.3. The zero-order valence-corrected chi connectivity index (χ0v) is 11.2. The van der Waals surface area contributed by atoms with Crippen LogP contribution in [0.3, 0.4) is 0 Å². The fourth-order valence-electron chi connectivity index (χ4n) is 3.17. The Labute approximate surface area is 109 Å². The highest BCUT2D eigenvalue weighted by atomic mass is 16.3. The normalized spacial score (nSPS) is 28.9. The molecule has 1 aliphatic rings. The van der Waals surface area contributed by atoms with Crippen molar-refractivity contribution in [1.82, 2.24) is 4.98 Å². The molecule has 0 saturated heterocycles. The molecule has 1 aromatic heterocycles. The Hall–Kier alpha value is -1.09. The van der Waals surface area contributed by atoms with E-state index in [4.69, 9.17) is 5.73 Å². The number of hydrogen-bond acceptors (Lipinski definition) is 3. The molecule has 0 radical (unpaired) electrons. The maximum Gasteiger partial charge on any atom is 0.129 e. The van der Waals surface area contributed by atoms with Crippen molar-refractivity contribution >= 4 is 5.82 Å². The standard InChI is InChI=1S/C15H24N2O/c1-2-5-12-6-3-9-15(18,10-8-12)13-7-4-11-17-14(13)16/h4,7,11-12,18H,2-3,5-6,8-10H2,1H3,(H2,16,17). The summed E-state index contributed by atoms with van der Waals surface area (Å²) in [7, 11) is 0. The summed E-state index contributed by atoms with van der Waals surface area (Å²) in [6, 6.07) is 3.78. The van der Waals surface area contributed by atoms with E-state index in [1.165, 1.54) is 19.3 Å². The monoisotopic (exact) mass is 248 g/mol. The Morgan fingerprint density at radius 2 is 2.28 bits per heavy atom. The molecule has 0 aromatic carbocycles. The van der Waals surface area contributed by atoms with Gasteiger partial charge in [0.1, 0.15) is 5.82 Å². The van der Waals surface area contributed by atoms with Gasteiger partial charge in [-0.3, -0.25) is 0 Å². The van der Waals surface area contributed by atoms with Crippen LogP contribution >= 0.6 is 0 Å². The molecule has 100 valence electrons. The third-order valence-corrected chi connectivity index (χ3v) is 4.21. The third kappa shape index (κ3) is 2.83. The molecule has 1 heterocycles. The van der Waals surface area contributed by atoms with Crippen molar-refractivity contribution in [3.05, 3.63) is 23.9 Å². The second kappa shape index (κ2) is 5.70. The van der Waals surface area contributed by atoms with Crippen LogP contribution in [-0.4, -0.2) is 10.1 Å². The summed E-state index contributed by atoms with van der Waals surface area (Å²) < 4.78 is 0. The number of aromatic nitrogens is 1. The van der Waals surface area contributed by atoms with Crippen LogP contribution in [0.2, 0.25) is 0 Å². The number of nitrogens with two attached hydrogens (primary N) is 1. The summed E-state index contributed by atoms with van der Waals surface area (Å²) in [4.78, 5) is 4.10. The zero-order chi connectivity index (χ0) is 13.0. The first-order chi connectivity index (χ1) is 8.65. The van der Waals surface area contributed by atoms with Gasteiger partial charge >= 0.3 is 0 Å². The van der Waals surface area contributed by atoms with Crippen molar-refractivity contribution in [3.63, 3.8) is 0 Å². The summed E-state index contributed by atoms with van der Waals surface area (Å²) in [5.41, 5.74) is 5.97. The summed E-state index contributed by atoms with van der Waals surface area (Å²) in [5.74, 6) is 1.25. The first-order valence-electron chi connectivity index (χ1n) is 7.09. The SMILES string of the molecule is CCCC1CCCC(O)(c2cccnc2N)CC1. The molecule has 3 N–H and O–H groups in total. The van der Waals surface area contributed by atoms with Crippen LogP contribution in [-0.2, 0) is 5.60 Å². The van der Waals surface area contributed by atoms with Crippen LogP contribution in [0.5, 0.6) is 0 Å². The number of aliphatic hydroxyl groups is 1. The molecule has 0 aliphatic heterocycles. The minimum Gasteiger partial charge on any atom is -0.385 e. The summed E-state index contributed by atoms with van der Waals surface area (Å²) >= 11 is 0. The number of hydrogen-bond donors (Lipinski definition) is 2. The number of pyridine rings is 1. The maximum atomic E-state index is 10.9. The van der Waals surface area contributed by atoms with Gasteiger partial charge in [0.25, 0.3) is 0 Å². The van der Waals surface area contributed by atoms with Gasteiger partial charge in [0, 0.05) is 11.8 Å². The molecular weight excluding hydrogens is 224 g/mol. The molecule has 1 fully saturated rings. The van der Waals surface area contributed by atoms with Crippen molar-refractivity contribution < 1.29 is 5.11 Å². The van der Waals surface area contributed by atoms with Crippen molar-refractivity contribution in [2.24, 2.45) is 5.92 Å². The topological polar surface area (TPSA) is 59.1 Å². The fraction of sp³-hybridized carbons (Fsp3) is 0.667. The average Bonchev–Trinajstić information content (AvgIpc) is 2.54. The van der Waals surface area contributed by atoms with Crippen LogP contribution in [0, 0.1) is 5.92 Å². The Morgan fingerprint density at radius 1 is 1.44 bits per heavy atom. The summed E-state index contributed by atoms with van der Waals surface area (Å²) in [6.07, 6.45) is 9.22. The van der Waals surface area contributed by atoms with Gasteiger partial charge in [-0.05, 0) is 37.7 Å². The largest absolute Gasteiger partial charge is 0.385 e. The van der Waals surface area contributed by atoms with Crippen LogP contribution in [0.25, 0.3) is 0 Å². The van der Waals surface area contributed by atoms with E-state index in [0.29, 0.717) is 5.82 Å². The van der Waals surface area contributed by atoms with Crippen LogP contribution in [0.15, 0.2) is 18.3 Å². The molecule has 2 atom stereocenters. The van der Waals surface area contributed by atoms with E-state index in [2.05, 4.69) is 11.9 Å². The van der Waals surface area contributed by atoms with Gasteiger partial charge in [-0.25, -0.2) is 4.98 Å². The Bertz CT molecular complexity index is 394. The molecule has 0 amide bonds. The lowest BCUT2D eigenvalue weighted by Gasteiger charge is -2.28. The summed E-state index contributed by atoms with van der Waals surface area (Å²) in [5, 5.41) is 10.9. The van der Waals surface area contributed by atoms with Gasteiger partial charge in [0.05, 0.1) is 5.60 Å². The molecule has 2 unspecified atom stereocenters. The second-order valence-electron chi connectivity index (χ2n) is 5.55. The molecule has 0 spiro atoms. The highest BCUT2D eigenvalue weighted by molar-refractivity contribution is 5.42. The Balaban J connectivity index is 2.14. The minimum absolute atomic E-state index is 0.481. The molecule has 2 rings (SSSR count). The lowest BCUT2D eigenvalue weighted by atomic mass is 9.86. The lowest BCUT2D eigenvalue weighted by molar-refractivity contribution is 0.0200. The highest BCUT2D eigenvalue weighted by Crippen LogP contribution is 2.40. The van der Waals surface area contributed by atoms with Gasteiger partial charge in [0.2, 0.25) is 0 Å². The van der Waals surface area contributed by atoms with Crippen LogP contribution in [0.1, 0.15) is 57.4 Å². The molecule has 0 bridgehead atoms. The van der Waals surface area contributed by atoms with Crippen molar-refractivity contribution in [3.8, 4) is 0 Å². The molecule has 1 aliphatic carbocycles. The Kier molecular flexibility index (Phi) is 4.23. The number of nitrogens with zero attached hydrogens (tertiary/aromatic N) is 1. The quantitative estimate of drug-likeness (QED) is 0.807. The van der Waals surface area contributed by atoms with Gasteiger partial charge in [-0.15, -0.1) is 0 Å². The van der Waals surface area contributed by atoms with Crippen molar-refractivity contribution in [2.45, 2.75) is 57.5 Å². The molecule has 3 heteroatoms. The fourth-order valence-corrected chi connectivity index (χ4v) is 3.17. The molecule has 1 aromatic rings. The second-order valence-corrected chi connectivity index (χ2v) is 5.55. The predicted octanol–water partition coefficient (Wildman–Crippen LogP) is 3.23. The van der Waals surface area contributed by atoms with E-state index in [0.717, 1.165) is 37.2 Å². The summed E-state index contributed by atoms with van der Waals surface area (Å²) in [6.45, 7) is 2.23. The van der Waals surface area contributed by atoms with E-state index in [9.17, 15) is 5.11 Å². The van der Waals surface area contributed by atoms with Gasteiger partial charge in [-0.2, -0.15) is 0 Å². The molecule has 18 heavy (non-hydrogen) atoms. The van der Waals surface area contributed by atoms with Crippen LogP contribution < -0.4 is 5.73 Å².